The van der Waals surface area contributed by atoms with Crippen molar-refractivity contribution in [1.29, 1.82) is 0 Å². The van der Waals surface area contributed by atoms with Crippen LogP contribution in [0.25, 0.3) is 5.82 Å². The highest BCUT2D eigenvalue weighted by atomic mass is 35.5. The van der Waals surface area contributed by atoms with Crippen molar-refractivity contribution in [1.82, 2.24) is 20.0 Å². The van der Waals surface area contributed by atoms with E-state index in [1.54, 1.807) is 53.3 Å². The molecule has 4 aromatic rings. The predicted octanol–water partition coefficient (Wildman–Crippen LogP) is 4.23. The summed E-state index contributed by atoms with van der Waals surface area (Å²) in [7, 11) is -2.52. The third kappa shape index (κ3) is 4.82. The third-order valence-corrected chi connectivity index (χ3v) is 5.96. The van der Waals surface area contributed by atoms with Gasteiger partial charge in [-0.05, 0) is 61.5 Å². The number of halogens is 1. The van der Waals surface area contributed by atoms with Crippen LogP contribution in [0.2, 0.25) is 5.02 Å². The van der Waals surface area contributed by atoms with Gasteiger partial charge in [-0.3, -0.25) is 4.72 Å². The van der Waals surface area contributed by atoms with E-state index in [0.717, 1.165) is 5.69 Å². The molecule has 4 rings (SSSR count). The SMILES string of the molecule is COc1ccc(Cl)cc1S(=O)(=O)Nc1ccc(Oc2ccc(-n3ccc(C)n3)nn2)cc1. The van der Waals surface area contributed by atoms with Gasteiger partial charge < -0.3 is 9.47 Å². The summed E-state index contributed by atoms with van der Waals surface area (Å²) in [6, 6.07) is 16.0. The van der Waals surface area contributed by atoms with E-state index in [-0.39, 0.29) is 21.5 Å². The number of aryl methyl sites for hydroxylation is 1. The zero-order chi connectivity index (χ0) is 22.7. The maximum Gasteiger partial charge on any atom is 0.265 e. The molecule has 0 amide bonds. The number of sulfonamides is 1. The van der Waals surface area contributed by atoms with Crippen LogP contribution in [-0.4, -0.2) is 35.5 Å². The number of aromatic nitrogens is 4. The van der Waals surface area contributed by atoms with Crippen molar-refractivity contribution in [3.05, 3.63) is 77.6 Å². The number of hydrogen-bond acceptors (Lipinski definition) is 7. The Bertz CT molecular complexity index is 1340. The minimum Gasteiger partial charge on any atom is -0.495 e. The molecule has 1 N–H and O–H groups in total. The first-order valence-electron chi connectivity index (χ1n) is 9.35. The van der Waals surface area contributed by atoms with Crippen LogP contribution < -0.4 is 14.2 Å². The lowest BCUT2D eigenvalue weighted by Gasteiger charge is -2.12. The zero-order valence-corrected chi connectivity index (χ0v) is 18.6. The van der Waals surface area contributed by atoms with Gasteiger partial charge in [-0.25, -0.2) is 13.1 Å². The van der Waals surface area contributed by atoms with Crippen LogP contribution in [0.3, 0.4) is 0 Å². The largest absolute Gasteiger partial charge is 0.495 e. The summed E-state index contributed by atoms with van der Waals surface area (Å²) < 4.78 is 40.4. The van der Waals surface area contributed by atoms with E-state index in [0.29, 0.717) is 17.3 Å². The summed E-state index contributed by atoms with van der Waals surface area (Å²) in [6.45, 7) is 1.89. The molecule has 2 aromatic carbocycles. The van der Waals surface area contributed by atoms with Crippen LogP contribution in [0.5, 0.6) is 17.4 Å². The summed E-state index contributed by atoms with van der Waals surface area (Å²) in [4.78, 5) is -0.0597. The van der Waals surface area contributed by atoms with Crippen LogP contribution in [0.4, 0.5) is 5.69 Å². The van der Waals surface area contributed by atoms with Gasteiger partial charge in [0.15, 0.2) is 5.82 Å². The van der Waals surface area contributed by atoms with Gasteiger partial charge in [0, 0.05) is 23.0 Å². The Morgan fingerprint density at radius 1 is 1.00 bits per heavy atom. The molecule has 2 aromatic heterocycles. The molecule has 0 aliphatic heterocycles. The van der Waals surface area contributed by atoms with Crippen LogP contribution >= 0.6 is 11.6 Å². The first kappa shape index (κ1) is 21.6. The molecule has 0 saturated heterocycles. The van der Waals surface area contributed by atoms with E-state index in [9.17, 15) is 8.42 Å². The van der Waals surface area contributed by atoms with Gasteiger partial charge in [-0.2, -0.15) is 5.10 Å². The Labute approximate surface area is 189 Å². The van der Waals surface area contributed by atoms with Crippen molar-refractivity contribution in [2.45, 2.75) is 11.8 Å². The van der Waals surface area contributed by atoms with E-state index in [1.807, 2.05) is 13.0 Å². The summed E-state index contributed by atoms with van der Waals surface area (Å²) in [5.41, 5.74) is 1.21. The highest BCUT2D eigenvalue weighted by Crippen LogP contribution is 2.29. The van der Waals surface area contributed by atoms with Crippen molar-refractivity contribution in [2.24, 2.45) is 0 Å². The molecule has 11 heteroatoms. The maximum absolute atomic E-state index is 12.8. The number of nitrogens with one attached hydrogen (secondary N) is 1. The molecule has 0 bridgehead atoms. The fourth-order valence-electron chi connectivity index (χ4n) is 2.81. The molecule has 0 aliphatic rings. The van der Waals surface area contributed by atoms with Crippen molar-refractivity contribution in [2.75, 3.05) is 11.8 Å². The standard InChI is InChI=1S/C21H18ClN5O4S/c1-14-11-12-27(25-14)20-9-10-21(24-23-20)31-17-6-4-16(5-7-17)26-32(28,29)19-13-15(22)3-8-18(19)30-2/h3-13,26H,1-2H3. The molecule has 2 heterocycles. The molecule has 0 atom stereocenters. The monoisotopic (exact) mass is 471 g/mol. The van der Waals surface area contributed by atoms with Crippen LogP contribution in [0, 0.1) is 6.92 Å². The zero-order valence-electron chi connectivity index (χ0n) is 17.1. The van der Waals surface area contributed by atoms with Crippen molar-refractivity contribution >= 4 is 27.3 Å². The Hall–Kier alpha value is -3.63. The summed E-state index contributed by atoms with van der Waals surface area (Å²) in [5, 5.41) is 12.7. The fourth-order valence-corrected chi connectivity index (χ4v) is 4.31. The molecule has 0 saturated carbocycles. The van der Waals surface area contributed by atoms with E-state index in [4.69, 9.17) is 21.1 Å². The molecule has 164 valence electrons. The number of rotatable bonds is 7. The van der Waals surface area contributed by atoms with E-state index in [1.165, 1.54) is 19.2 Å². The Morgan fingerprint density at radius 2 is 1.78 bits per heavy atom. The van der Waals surface area contributed by atoms with E-state index < -0.39 is 10.0 Å². The number of anilines is 1. The molecule has 0 unspecified atom stereocenters. The molecule has 32 heavy (non-hydrogen) atoms. The average molecular weight is 472 g/mol. The lowest BCUT2D eigenvalue weighted by molar-refractivity contribution is 0.403. The molecule has 9 nitrogen and oxygen atoms in total. The quantitative estimate of drug-likeness (QED) is 0.429. The molecule has 0 spiro atoms. The van der Waals surface area contributed by atoms with Crippen LogP contribution in [-0.2, 0) is 10.0 Å². The van der Waals surface area contributed by atoms with Crippen molar-refractivity contribution in [3.8, 4) is 23.2 Å². The van der Waals surface area contributed by atoms with Crippen LogP contribution in [0.1, 0.15) is 5.69 Å². The van der Waals surface area contributed by atoms with Gasteiger partial charge in [-0.15, -0.1) is 10.2 Å². The van der Waals surface area contributed by atoms with Crippen molar-refractivity contribution < 1.29 is 17.9 Å². The van der Waals surface area contributed by atoms with Crippen LogP contribution in [0.15, 0.2) is 71.8 Å². The minimum atomic E-state index is -3.91. The number of methoxy groups -OCH3 is 1. The van der Waals surface area contributed by atoms with Gasteiger partial charge in [0.25, 0.3) is 10.0 Å². The van der Waals surface area contributed by atoms with Gasteiger partial charge >= 0.3 is 0 Å². The normalized spacial score (nSPS) is 11.2. The molecular weight excluding hydrogens is 454 g/mol. The number of nitrogens with zero attached hydrogens (tertiary/aromatic N) is 4. The number of benzene rings is 2. The van der Waals surface area contributed by atoms with Gasteiger partial charge in [0.1, 0.15) is 16.4 Å². The minimum absolute atomic E-state index is 0.0597. The first-order chi connectivity index (χ1) is 15.3. The second-order valence-electron chi connectivity index (χ2n) is 6.66. The second-order valence-corrected chi connectivity index (χ2v) is 8.75. The summed E-state index contributed by atoms with van der Waals surface area (Å²) in [6.07, 6.45) is 1.79. The van der Waals surface area contributed by atoms with E-state index >= 15 is 0 Å². The average Bonchev–Trinajstić information content (AvgIpc) is 3.22. The molecule has 0 aliphatic carbocycles. The number of hydrogen-bond donors (Lipinski definition) is 1. The molecule has 0 radical (unpaired) electrons. The lowest BCUT2D eigenvalue weighted by Crippen LogP contribution is -2.14. The Kier molecular flexibility index (Phi) is 5.97. The predicted molar refractivity (Wildman–Crippen MR) is 119 cm³/mol. The van der Waals surface area contributed by atoms with Gasteiger partial charge in [0.05, 0.1) is 12.8 Å². The smallest absolute Gasteiger partial charge is 0.265 e. The Balaban J connectivity index is 1.46. The molecular formula is C21H18ClN5O4S. The highest BCUT2D eigenvalue weighted by molar-refractivity contribution is 7.92. The second kappa shape index (κ2) is 8.85. The molecule has 0 fully saturated rings. The fraction of sp³-hybridized carbons (Fsp3) is 0.0952. The number of ether oxygens (including phenoxy) is 2. The Morgan fingerprint density at radius 3 is 2.41 bits per heavy atom. The summed E-state index contributed by atoms with van der Waals surface area (Å²) in [5.74, 6) is 1.50. The van der Waals surface area contributed by atoms with Gasteiger partial charge in [0.2, 0.25) is 5.88 Å². The van der Waals surface area contributed by atoms with Gasteiger partial charge in [-0.1, -0.05) is 11.6 Å². The maximum atomic E-state index is 12.8. The highest BCUT2D eigenvalue weighted by Gasteiger charge is 2.20. The first-order valence-corrected chi connectivity index (χ1v) is 11.2. The third-order valence-electron chi connectivity index (χ3n) is 4.33. The lowest BCUT2D eigenvalue weighted by atomic mass is 10.3. The summed E-state index contributed by atoms with van der Waals surface area (Å²) >= 11 is 5.95. The topological polar surface area (TPSA) is 108 Å². The van der Waals surface area contributed by atoms with E-state index in [2.05, 4.69) is 20.0 Å². The van der Waals surface area contributed by atoms with Crippen molar-refractivity contribution in [3.63, 3.8) is 0 Å².